The van der Waals surface area contributed by atoms with E-state index in [9.17, 15) is 8.78 Å². The molecular formula is C20H27F2N7O2. The summed E-state index contributed by atoms with van der Waals surface area (Å²) in [6.45, 7) is 9.35. The summed E-state index contributed by atoms with van der Waals surface area (Å²) in [4.78, 5) is 21.9. The number of hydrogen-bond donors (Lipinski definition) is 1. The summed E-state index contributed by atoms with van der Waals surface area (Å²) in [5.41, 5.74) is 5.17. The molecule has 1 atom stereocenters. The largest absolute Gasteiger partial charge is 0.384 e. The van der Waals surface area contributed by atoms with Gasteiger partial charge in [-0.05, 0) is 26.8 Å². The average molecular weight is 435 g/mol. The maximum Gasteiger partial charge on any atom is 0.264 e. The highest BCUT2D eigenvalue weighted by Crippen LogP contribution is 2.33. The van der Waals surface area contributed by atoms with E-state index >= 15 is 0 Å². The van der Waals surface area contributed by atoms with E-state index in [1.165, 1.54) is 12.3 Å². The van der Waals surface area contributed by atoms with Crippen LogP contribution >= 0.6 is 0 Å². The molecule has 0 aliphatic carbocycles. The fraction of sp³-hybridized carbons (Fsp3) is 0.600. The first-order valence-corrected chi connectivity index (χ1v) is 10.3. The van der Waals surface area contributed by atoms with Gasteiger partial charge in [-0.1, -0.05) is 0 Å². The third kappa shape index (κ3) is 4.38. The van der Waals surface area contributed by atoms with Crippen LogP contribution in [0.5, 0.6) is 0 Å². The van der Waals surface area contributed by atoms with Crippen molar-refractivity contribution in [3.05, 3.63) is 17.8 Å². The molecule has 0 bridgehead atoms. The monoisotopic (exact) mass is 435 g/mol. The van der Waals surface area contributed by atoms with Crippen LogP contribution < -0.4 is 15.5 Å². The quantitative estimate of drug-likeness (QED) is 0.775. The van der Waals surface area contributed by atoms with Crippen LogP contribution in [0.1, 0.15) is 32.8 Å². The number of nitrogens with zero attached hydrogens (tertiary/aromatic N) is 6. The van der Waals surface area contributed by atoms with Gasteiger partial charge in [-0.2, -0.15) is 15.0 Å². The molecule has 0 radical (unpaired) electrons. The van der Waals surface area contributed by atoms with Crippen molar-refractivity contribution in [2.45, 2.75) is 38.8 Å². The van der Waals surface area contributed by atoms with Crippen molar-refractivity contribution in [2.75, 3.05) is 55.1 Å². The minimum atomic E-state index is -2.74. The number of alkyl halides is 2. The molecule has 168 valence electrons. The van der Waals surface area contributed by atoms with Crippen molar-refractivity contribution in [1.82, 2.24) is 19.9 Å². The normalized spacial score (nSPS) is 21.5. The zero-order valence-electron chi connectivity index (χ0n) is 17.9. The summed E-state index contributed by atoms with van der Waals surface area (Å²) >= 11 is 0. The molecule has 0 amide bonds. The van der Waals surface area contributed by atoms with Gasteiger partial charge in [0, 0.05) is 30.4 Å². The molecule has 2 fully saturated rings. The maximum absolute atomic E-state index is 13.8. The van der Waals surface area contributed by atoms with E-state index < -0.39 is 6.43 Å². The number of rotatable bonds is 4. The van der Waals surface area contributed by atoms with Gasteiger partial charge in [-0.15, -0.1) is 0 Å². The van der Waals surface area contributed by atoms with Crippen molar-refractivity contribution >= 4 is 17.7 Å². The van der Waals surface area contributed by atoms with Gasteiger partial charge in [-0.25, -0.2) is 13.8 Å². The summed E-state index contributed by atoms with van der Waals surface area (Å²) in [5, 5.41) is 0. The Labute approximate surface area is 179 Å². The van der Waals surface area contributed by atoms with Crippen LogP contribution in [-0.2, 0) is 9.47 Å². The smallest absolute Gasteiger partial charge is 0.264 e. The first-order chi connectivity index (χ1) is 14.8. The van der Waals surface area contributed by atoms with Crippen LogP contribution in [0.3, 0.4) is 0 Å². The lowest BCUT2D eigenvalue weighted by atomic mass is 10.0. The lowest BCUT2D eigenvalue weighted by Crippen LogP contribution is -2.54. The molecule has 0 unspecified atom stereocenters. The Morgan fingerprint density at radius 1 is 1.13 bits per heavy atom. The van der Waals surface area contributed by atoms with Crippen molar-refractivity contribution in [2.24, 2.45) is 0 Å². The van der Waals surface area contributed by atoms with E-state index in [0.29, 0.717) is 51.4 Å². The number of hydrogen-bond acceptors (Lipinski definition) is 9. The van der Waals surface area contributed by atoms with E-state index in [2.05, 4.69) is 15.0 Å². The summed E-state index contributed by atoms with van der Waals surface area (Å²) in [6, 6.07) is 1.20. The number of aromatic nitrogens is 4. The van der Waals surface area contributed by atoms with Gasteiger partial charge in [-0.3, -0.25) is 0 Å². The van der Waals surface area contributed by atoms with E-state index in [0.717, 1.165) is 0 Å². The highest BCUT2D eigenvalue weighted by molar-refractivity contribution is 5.64. The summed E-state index contributed by atoms with van der Waals surface area (Å²) < 4.78 is 38.7. The van der Waals surface area contributed by atoms with E-state index in [1.54, 1.807) is 0 Å². The fourth-order valence-electron chi connectivity index (χ4n) is 3.83. The van der Waals surface area contributed by atoms with E-state index in [4.69, 9.17) is 20.2 Å². The molecule has 2 aliphatic rings. The highest BCUT2D eigenvalue weighted by atomic mass is 19.3. The third-order valence-corrected chi connectivity index (χ3v) is 5.56. The Hall–Kier alpha value is -2.66. The van der Waals surface area contributed by atoms with Crippen LogP contribution in [-0.4, -0.2) is 71.0 Å². The zero-order chi connectivity index (χ0) is 22.2. The Morgan fingerprint density at radius 3 is 2.58 bits per heavy atom. The first-order valence-electron chi connectivity index (χ1n) is 10.3. The first kappa shape index (κ1) is 21.6. The second-order valence-corrected chi connectivity index (χ2v) is 8.39. The molecular weight excluding hydrogens is 408 g/mol. The number of nitrogens with two attached hydrogens (primary N) is 1. The van der Waals surface area contributed by atoms with Crippen LogP contribution in [0, 0.1) is 0 Å². The molecule has 0 saturated carbocycles. The van der Waals surface area contributed by atoms with Crippen LogP contribution in [0.15, 0.2) is 12.3 Å². The number of ether oxygens (including phenoxy) is 2. The lowest BCUT2D eigenvalue weighted by Gasteiger charge is -2.42. The SMILES string of the molecule is C[C@@H]1COCCN1c1nc(-c2cnc(N)cc2C(F)F)nc(N2CCOCC2(C)C)n1. The molecule has 2 aliphatic heterocycles. The van der Waals surface area contributed by atoms with Crippen molar-refractivity contribution in [3.63, 3.8) is 0 Å². The second-order valence-electron chi connectivity index (χ2n) is 8.39. The predicted molar refractivity (Wildman–Crippen MR) is 112 cm³/mol. The molecule has 4 heterocycles. The topological polar surface area (TPSA) is 103 Å². The molecule has 0 aromatic carbocycles. The molecule has 11 heteroatoms. The molecule has 2 aromatic rings. The molecule has 31 heavy (non-hydrogen) atoms. The molecule has 4 rings (SSSR count). The predicted octanol–water partition coefficient (Wildman–Crippen LogP) is 2.29. The standard InChI is InChI=1S/C20H27F2N7O2/c1-12-10-30-6-4-28(12)18-25-17(14-9-24-15(23)8-13(14)16(21)22)26-19(27-18)29-5-7-31-11-20(29,2)3/h8-9,12,16H,4-7,10-11H2,1-3H3,(H2,23,24)/t12-/m1/s1. The lowest BCUT2D eigenvalue weighted by molar-refractivity contribution is 0.0633. The van der Waals surface area contributed by atoms with Gasteiger partial charge in [0.05, 0.1) is 38.0 Å². The van der Waals surface area contributed by atoms with Gasteiger partial charge in [0.15, 0.2) is 5.82 Å². The number of halogens is 2. The Balaban J connectivity index is 1.86. The fourth-order valence-corrected chi connectivity index (χ4v) is 3.83. The summed E-state index contributed by atoms with van der Waals surface area (Å²) in [6.07, 6.45) is -1.45. The summed E-state index contributed by atoms with van der Waals surface area (Å²) in [5.74, 6) is 1.01. The van der Waals surface area contributed by atoms with Crippen molar-refractivity contribution in [1.29, 1.82) is 0 Å². The molecule has 2 aromatic heterocycles. The van der Waals surface area contributed by atoms with Crippen molar-refractivity contribution in [3.8, 4) is 11.4 Å². The van der Waals surface area contributed by atoms with Gasteiger partial charge in [0.1, 0.15) is 5.82 Å². The minimum absolute atomic E-state index is 0.0182. The number of anilines is 3. The molecule has 2 N–H and O–H groups in total. The van der Waals surface area contributed by atoms with Crippen LogP contribution in [0.25, 0.3) is 11.4 Å². The minimum Gasteiger partial charge on any atom is -0.384 e. The average Bonchev–Trinajstić information content (AvgIpc) is 2.73. The van der Waals surface area contributed by atoms with Crippen LogP contribution in [0.4, 0.5) is 26.5 Å². The molecule has 2 saturated heterocycles. The number of morpholine rings is 2. The summed E-state index contributed by atoms with van der Waals surface area (Å²) in [7, 11) is 0. The van der Waals surface area contributed by atoms with E-state index in [1.807, 2.05) is 30.6 Å². The molecule has 0 spiro atoms. The maximum atomic E-state index is 13.8. The number of pyridine rings is 1. The van der Waals surface area contributed by atoms with Crippen LogP contribution in [0.2, 0.25) is 0 Å². The van der Waals surface area contributed by atoms with Gasteiger partial charge in [0.25, 0.3) is 6.43 Å². The highest BCUT2D eigenvalue weighted by Gasteiger charge is 2.34. The second kappa shape index (κ2) is 8.46. The Morgan fingerprint density at radius 2 is 1.87 bits per heavy atom. The Bertz CT molecular complexity index is 944. The third-order valence-electron chi connectivity index (χ3n) is 5.56. The molecule has 9 nitrogen and oxygen atoms in total. The zero-order valence-corrected chi connectivity index (χ0v) is 17.9. The van der Waals surface area contributed by atoms with Gasteiger partial charge in [0.2, 0.25) is 11.9 Å². The number of nitrogen functional groups attached to an aromatic ring is 1. The van der Waals surface area contributed by atoms with E-state index in [-0.39, 0.29) is 34.3 Å². The van der Waals surface area contributed by atoms with Gasteiger partial charge < -0.3 is 25.0 Å². The Kier molecular flexibility index (Phi) is 5.89. The van der Waals surface area contributed by atoms with Crippen molar-refractivity contribution < 1.29 is 18.3 Å². The van der Waals surface area contributed by atoms with Gasteiger partial charge >= 0.3 is 0 Å².